The maximum absolute atomic E-state index is 11.9. The molecule has 2 saturated heterocycles. The fourth-order valence-electron chi connectivity index (χ4n) is 3.91. The number of hydrogen-bond donors (Lipinski definition) is 0. The maximum atomic E-state index is 11.9. The molecule has 2 aliphatic rings. The zero-order valence-corrected chi connectivity index (χ0v) is 15.5. The summed E-state index contributed by atoms with van der Waals surface area (Å²) in [5.74, 6) is 2.03. The number of carbonyl (C=O) groups is 1. The molecule has 1 aromatic heterocycles. The molecule has 1 amide bonds. The highest BCUT2D eigenvalue weighted by Crippen LogP contribution is 2.23. The van der Waals surface area contributed by atoms with Crippen LogP contribution in [-0.2, 0) is 11.3 Å². The Labute approximate surface area is 158 Å². The van der Waals surface area contributed by atoms with E-state index in [2.05, 4.69) is 15.0 Å². The van der Waals surface area contributed by atoms with Crippen LogP contribution in [0.25, 0.3) is 11.4 Å². The molecule has 0 N–H and O–H groups in total. The van der Waals surface area contributed by atoms with Crippen molar-refractivity contribution in [2.24, 2.45) is 5.92 Å². The number of aromatic nitrogens is 2. The Morgan fingerprint density at radius 2 is 2.19 bits per heavy atom. The number of halogens is 1. The average Bonchev–Trinajstić information content (AvgIpc) is 3.25. The smallest absolute Gasteiger partial charge is 0.241 e. The van der Waals surface area contributed by atoms with Crippen LogP contribution in [-0.4, -0.2) is 52.0 Å². The van der Waals surface area contributed by atoms with Gasteiger partial charge in [-0.05, 0) is 43.9 Å². The lowest BCUT2D eigenvalue weighted by atomic mass is 9.97. The predicted octanol–water partition coefficient (Wildman–Crippen LogP) is 3.22. The fraction of sp³-hybridized carbons (Fsp3) is 0.526. The molecule has 1 atom stereocenters. The highest BCUT2D eigenvalue weighted by Gasteiger charge is 2.27. The monoisotopic (exact) mass is 374 g/mol. The lowest BCUT2D eigenvalue weighted by Crippen LogP contribution is -2.41. The van der Waals surface area contributed by atoms with Crippen molar-refractivity contribution in [2.45, 2.75) is 32.2 Å². The molecule has 2 fully saturated rings. The van der Waals surface area contributed by atoms with E-state index in [9.17, 15) is 4.79 Å². The van der Waals surface area contributed by atoms with E-state index in [0.29, 0.717) is 41.5 Å². The number of likely N-dealkylation sites (tertiary alicyclic amines) is 2. The summed E-state index contributed by atoms with van der Waals surface area (Å²) >= 11 is 6.03. The van der Waals surface area contributed by atoms with Crippen molar-refractivity contribution in [3.8, 4) is 11.4 Å². The van der Waals surface area contributed by atoms with Crippen LogP contribution in [0, 0.1) is 5.92 Å². The summed E-state index contributed by atoms with van der Waals surface area (Å²) in [5, 5.41) is 4.74. The summed E-state index contributed by atoms with van der Waals surface area (Å²) in [5.41, 5.74) is 0.858. The molecule has 0 aliphatic carbocycles. The number of carbonyl (C=O) groups excluding carboxylic acids is 1. The summed E-state index contributed by atoms with van der Waals surface area (Å²) in [7, 11) is 0. The summed E-state index contributed by atoms with van der Waals surface area (Å²) in [6.07, 6.45) is 4.04. The van der Waals surface area contributed by atoms with Crippen molar-refractivity contribution < 1.29 is 9.32 Å². The highest BCUT2D eigenvalue weighted by atomic mass is 35.5. The van der Waals surface area contributed by atoms with Crippen LogP contribution in [0.2, 0.25) is 5.02 Å². The first-order valence-corrected chi connectivity index (χ1v) is 9.64. The van der Waals surface area contributed by atoms with Gasteiger partial charge in [-0.1, -0.05) is 28.9 Å². The van der Waals surface area contributed by atoms with Crippen molar-refractivity contribution >= 4 is 17.5 Å². The van der Waals surface area contributed by atoms with E-state index in [1.54, 1.807) is 0 Å². The van der Waals surface area contributed by atoms with Gasteiger partial charge in [0.2, 0.25) is 17.6 Å². The molecule has 4 rings (SSSR count). The van der Waals surface area contributed by atoms with E-state index in [-0.39, 0.29) is 0 Å². The van der Waals surface area contributed by atoms with Gasteiger partial charge in [0.05, 0.1) is 6.54 Å². The predicted molar refractivity (Wildman–Crippen MR) is 98.6 cm³/mol. The normalized spacial score (nSPS) is 21.5. The minimum Gasteiger partial charge on any atom is -0.342 e. The summed E-state index contributed by atoms with van der Waals surface area (Å²) < 4.78 is 5.44. The molecule has 1 aromatic carbocycles. The van der Waals surface area contributed by atoms with E-state index in [1.807, 2.05) is 29.2 Å². The molecule has 2 aliphatic heterocycles. The van der Waals surface area contributed by atoms with Crippen molar-refractivity contribution in [1.29, 1.82) is 0 Å². The zero-order valence-electron chi connectivity index (χ0n) is 14.7. The van der Waals surface area contributed by atoms with Crippen molar-refractivity contribution in [3.63, 3.8) is 0 Å². The summed E-state index contributed by atoms with van der Waals surface area (Å²) in [4.78, 5) is 20.7. The number of rotatable bonds is 5. The molecule has 138 valence electrons. The maximum Gasteiger partial charge on any atom is 0.241 e. The lowest BCUT2D eigenvalue weighted by Gasteiger charge is -2.33. The van der Waals surface area contributed by atoms with E-state index in [0.717, 1.165) is 44.6 Å². The molecule has 0 spiro atoms. The van der Waals surface area contributed by atoms with Crippen LogP contribution in [0.15, 0.2) is 28.8 Å². The Hall–Kier alpha value is -1.92. The van der Waals surface area contributed by atoms with Crippen LogP contribution in [0.1, 0.15) is 31.6 Å². The zero-order chi connectivity index (χ0) is 17.9. The Morgan fingerprint density at radius 3 is 3.00 bits per heavy atom. The van der Waals surface area contributed by atoms with Crippen molar-refractivity contribution in [1.82, 2.24) is 19.9 Å². The molecular formula is C19H23ClN4O2. The van der Waals surface area contributed by atoms with Gasteiger partial charge in [0, 0.05) is 36.6 Å². The molecule has 0 radical (unpaired) electrons. The molecule has 0 bridgehead atoms. The fourth-order valence-corrected chi connectivity index (χ4v) is 4.10. The van der Waals surface area contributed by atoms with Crippen LogP contribution < -0.4 is 0 Å². The number of nitrogens with zero attached hydrogens (tertiary/aromatic N) is 4. The largest absolute Gasteiger partial charge is 0.342 e. The first-order valence-electron chi connectivity index (χ1n) is 9.26. The van der Waals surface area contributed by atoms with Gasteiger partial charge in [-0.25, -0.2) is 0 Å². The molecule has 2 aromatic rings. The average molecular weight is 375 g/mol. The highest BCUT2D eigenvalue weighted by molar-refractivity contribution is 6.30. The number of hydrogen-bond acceptors (Lipinski definition) is 5. The van der Waals surface area contributed by atoms with Gasteiger partial charge in [-0.3, -0.25) is 9.69 Å². The van der Waals surface area contributed by atoms with E-state index in [1.165, 1.54) is 6.42 Å². The number of amides is 1. The van der Waals surface area contributed by atoms with Gasteiger partial charge in [0.15, 0.2) is 0 Å². The summed E-state index contributed by atoms with van der Waals surface area (Å²) in [6, 6.07) is 7.46. The van der Waals surface area contributed by atoms with Gasteiger partial charge >= 0.3 is 0 Å². The summed E-state index contributed by atoms with van der Waals surface area (Å²) in [6.45, 7) is 4.45. The first-order chi connectivity index (χ1) is 12.7. The third-order valence-electron chi connectivity index (χ3n) is 5.16. The van der Waals surface area contributed by atoms with Crippen molar-refractivity contribution in [2.75, 3.05) is 26.2 Å². The van der Waals surface area contributed by atoms with E-state index < -0.39 is 0 Å². The topological polar surface area (TPSA) is 62.5 Å². The molecule has 0 unspecified atom stereocenters. The standard InChI is InChI=1S/C19H23ClN4O2/c20-16-6-1-5-15(10-16)19-21-17(26-22-19)13-23-8-2-4-14(11-23)12-24-9-3-7-18(24)25/h1,5-6,10,14H,2-4,7-9,11-13H2/t14-/m0/s1. The van der Waals surface area contributed by atoms with Gasteiger partial charge in [0.25, 0.3) is 0 Å². The van der Waals surface area contributed by atoms with Gasteiger partial charge in [-0.15, -0.1) is 0 Å². The Morgan fingerprint density at radius 1 is 1.27 bits per heavy atom. The van der Waals surface area contributed by atoms with Crippen LogP contribution in [0.5, 0.6) is 0 Å². The Kier molecular flexibility index (Phi) is 5.22. The van der Waals surface area contributed by atoms with Crippen molar-refractivity contribution in [3.05, 3.63) is 35.2 Å². The van der Waals surface area contributed by atoms with E-state index in [4.69, 9.17) is 16.1 Å². The third-order valence-corrected chi connectivity index (χ3v) is 5.40. The second-order valence-corrected chi connectivity index (χ2v) is 7.65. The third kappa shape index (κ3) is 4.07. The lowest BCUT2D eigenvalue weighted by molar-refractivity contribution is -0.128. The molecule has 26 heavy (non-hydrogen) atoms. The molecule has 6 nitrogen and oxygen atoms in total. The van der Waals surface area contributed by atoms with Gasteiger partial charge in [-0.2, -0.15) is 4.98 Å². The minimum absolute atomic E-state index is 0.310. The first kappa shape index (κ1) is 17.5. The quantitative estimate of drug-likeness (QED) is 0.804. The Bertz CT molecular complexity index is 778. The van der Waals surface area contributed by atoms with Crippen LogP contribution in [0.4, 0.5) is 0 Å². The van der Waals surface area contributed by atoms with Crippen LogP contribution in [0.3, 0.4) is 0 Å². The second-order valence-electron chi connectivity index (χ2n) is 7.21. The van der Waals surface area contributed by atoms with Gasteiger partial charge < -0.3 is 9.42 Å². The Balaban J connectivity index is 1.36. The minimum atomic E-state index is 0.310. The number of benzene rings is 1. The SMILES string of the molecule is O=C1CCCN1C[C@H]1CCCN(Cc2nc(-c3cccc(Cl)c3)no2)C1. The molecule has 0 saturated carbocycles. The van der Waals surface area contributed by atoms with Gasteiger partial charge in [0.1, 0.15) is 0 Å². The van der Waals surface area contributed by atoms with Crippen LogP contribution >= 0.6 is 11.6 Å². The molecule has 3 heterocycles. The second kappa shape index (κ2) is 7.76. The molecule has 7 heteroatoms. The van der Waals surface area contributed by atoms with E-state index >= 15 is 0 Å². The molecular weight excluding hydrogens is 352 g/mol. The number of piperidine rings is 1.